The number of rotatable bonds is 5. The number of fused-ring (bicyclic) bond motifs is 1. The van der Waals surface area contributed by atoms with Gasteiger partial charge in [-0.3, -0.25) is 4.79 Å². The molecule has 2 heterocycles. The van der Waals surface area contributed by atoms with E-state index in [1.54, 1.807) is 0 Å². The van der Waals surface area contributed by atoms with E-state index < -0.39 is 0 Å². The van der Waals surface area contributed by atoms with Crippen molar-refractivity contribution >= 4 is 16.9 Å². The first-order valence-electron chi connectivity index (χ1n) is 8.53. The van der Waals surface area contributed by atoms with Crippen LogP contribution in [-0.4, -0.2) is 58.4 Å². The average Bonchev–Trinajstić information content (AvgIpc) is 2.91. The van der Waals surface area contributed by atoms with Crippen LogP contribution < -0.4 is 0 Å². The minimum absolute atomic E-state index is 0.0982. The van der Waals surface area contributed by atoms with Crippen LogP contribution in [0.15, 0.2) is 12.1 Å². The number of aliphatic hydroxyl groups is 1. The second-order valence-electron chi connectivity index (χ2n) is 6.36. The lowest BCUT2D eigenvalue weighted by molar-refractivity contribution is -0.135. The number of benzene rings is 1. The summed E-state index contributed by atoms with van der Waals surface area (Å²) in [5.74, 6) is 0.965. The van der Waals surface area contributed by atoms with Gasteiger partial charge in [-0.1, -0.05) is 0 Å². The molecule has 0 aliphatic carbocycles. The van der Waals surface area contributed by atoms with Crippen molar-refractivity contribution < 1.29 is 14.6 Å². The van der Waals surface area contributed by atoms with Gasteiger partial charge in [-0.2, -0.15) is 0 Å². The molecule has 1 aliphatic rings. The van der Waals surface area contributed by atoms with Crippen molar-refractivity contribution in [1.29, 1.82) is 0 Å². The first-order valence-corrected chi connectivity index (χ1v) is 8.53. The fraction of sp³-hybridized carbons (Fsp3) is 0.556. The number of aliphatic hydroxyl groups excluding tert-OH is 1. The van der Waals surface area contributed by atoms with E-state index in [1.165, 1.54) is 11.1 Å². The quantitative estimate of drug-likeness (QED) is 0.900. The highest BCUT2D eigenvalue weighted by atomic mass is 16.5. The second kappa shape index (κ2) is 7.32. The Morgan fingerprint density at radius 1 is 1.25 bits per heavy atom. The Balaban J connectivity index is 1.93. The van der Waals surface area contributed by atoms with E-state index in [0.717, 1.165) is 16.9 Å². The summed E-state index contributed by atoms with van der Waals surface area (Å²) < 4.78 is 7.33. The third-order valence-electron chi connectivity index (χ3n) is 4.66. The number of amides is 1. The summed E-state index contributed by atoms with van der Waals surface area (Å²) in [6.45, 7) is 7.06. The number of morpholine rings is 1. The molecule has 0 bridgehead atoms. The van der Waals surface area contributed by atoms with Gasteiger partial charge in [0.2, 0.25) is 5.91 Å². The van der Waals surface area contributed by atoms with Crippen LogP contribution in [0.1, 0.15) is 23.4 Å². The van der Waals surface area contributed by atoms with Crippen LogP contribution in [0.5, 0.6) is 0 Å². The van der Waals surface area contributed by atoms with Crippen molar-refractivity contribution in [3.05, 3.63) is 29.1 Å². The molecule has 130 valence electrons. The highest BCUT2D eigenvalue weighted by molar-refractivity contribution is 5.82. The lowest BCUT2D eigenvalue weighted by Crippen LogP contribution is -2.42. The Hall–Kier alpha value is -1.92. The van der Waals surface area contributed by atoms with E-state index in [9.17, 15) is 4.79 Å². The maximum atomic E-state index is 12.7. The van der Waals surface area contributed by atoms with Crippen LogP contribution >= 0.6 is 0 Å². The SMILES string of the molecule is Cc1cc2nc(CCCO)n(CC(=O)N3CCOCC3)c2cc1C. The van der Waals surface area contributed by atoms with Crippen LogP contribution in [0, 0.1) is 13.8 Å². The molecule has 2 aromatic rings. The van der Waals surface area contributed by atoms with Crippen LogP contribution in [0.4, 0.5) is 0 Å². The topological polar surface area (TPSA) is 67.6 Å². The Morgan fingerprint density at radius 2 is 1.96 bits per heavy atom. The number of nitrogens with zero attached hydrogens (tertiary/aromatic N) is 3. The predicted molar refractivity (Wildman–Crippen MR) is 92.0 cm³/mol. The number of carbonyl (C=O) groups is 1. The minimum atomic E-state index is 0.0982. The highest BCUT2D eigenvalue weighted by Gasteiger charge is 2.20. The van der Waals surface area contributed by atoms with Gasteiger partial charge in [0.15, 0.2) is 0 Å². The van der Waals surface area contributed by atoms with E-state index in [0.29, 0.717) is 45.7 Å². The highest BCUT2D eigenvalue weighted by Crippen LogP contribution is 2.22. The Kier molecular flexibility index (Phi) is 5.16. The molecule has 0 atom stereocenters. The zero-order valence-corrected chi connectivity index (χ0v) is 14.4. The zero-order valence-electron chi connectivity index (χ0n) is 14.4. The molecule has 0 spiro atoms. The molecule has 0 radical (unpaired) electrons. The van der Waals surface area contributed by atoms with Crippen molar-refractivity contribution in [2.75, 3.05) is 32.9 Å². The van der Waals surface area contributed by atoms with Crippen LogP contribution in [0.25, 0.3) is 11.0 Å². The van der Waals surface area contributed by atoms with Gasteiger partial charge in [-0.15, -0.1) is 0 Å². The maximum absolute atomic E-state index is 12.7. The fourth-order valence-electron chi connectivity index (χ4n) is 3.08. The molecule has 1 aromatic carbocycles. The van der Waals surface area contributed by atoms with E-state index in [4.69, 9.17) is 14.8 Å². The first-order chi connectivity index (χ1) is 11.6. The van der Waals surface area contributed by atoms with Crippen LogP contribution in [0.3, 0.4) is 0 Å². The van der Waals surface area contributed by atoms with E-state index in [-0.39, 0.29) is 12.5 Å². The molecule has 6 nitrogen and oxygen atoms in total. The van der Waals surface area contributed by atoms with Crippen molar-refractivity contribution in [1.82, 2.24) is 14.5 Å². The molecule has 3 rings (SSSR count). The summed E-state index contributed by atoms with van der Waals surface area (Å²) >= 11 is 0. The zero-order chi connectivity index (χ0) is 17.1. The summed E-state index contributed by atoms with van der Waals surface area (Å²) in [6, 6.07) is 4.18. The number of imidazole rings is 1. The van der Waals surface area contributed by atoms with Gasteiger partial charge < -0.3 is 19.3 Å². The molecule has 1 saturated heterocycles. The number of aryl methyl sites for hydroxylation is 3. The molecule has 1 N–H and O–H groups in total. The summed E-state index contributed by atoms with van der Waals surface area (Å²) in [5, 5.41) is 9.14. The molecule has 1 fully saturated rings. The third-order valence-corrected chi connectivity index (χ3v) is 4.66. The smallest absolute Gasteiger partial charge is 0.242 e. The Bertz CT molecular complexity index is 733. The van der Waals surface area contributed by atoms with Crippen LogP contribution in [0.2, 0.25) is 0 Å². The van der Waals surface area contributed by atoms with E-state index in [2.05, 4.69) is 26.0 Å². The normalized spacial score (nSPS) is 15.2. The molecular formula is C18H25N3O3. The number of hydrogen-bond acceptors (Lipinski definition) is 4. The largest absolute Gasteiger partial charge is 0.396 e. The summed E-state index contributed by atoms with van der Waals surface area (Å²) in [4.78, 5) is 19.2. The second-order valence-corrected chi connectivity index (χ2v) is 6.36. The number of aromatic nitrogens is 2. The van der Waals surface area contributed by atoms with Crippen molar-refractivity contribution in [2.24, 2.45) is 0 Å². The Labute approximate surface area is 142 Å². The van der Waals surface area contributed by atoms with Gasteiger partial charge in [-0.25, -0.2) is 4.98 Å². The molecule has 1 aromatic heterocycles. The van der Waals surface area contributed by atoms with Gasteiger partial charge in [0, 0.05) is 26.1 Å². The monoisotopic (exact) mass is 331 g/mol. The molecule has 6 heteroatoms. The molecular weight excluding hydrogens is 306 g/mol. The first kappa shape index (κ1) is 16.9. The van der Waals surface area contributed by atoms with Crippen LogP contribution in [-0.2, 0) is 22.5 Å². The molecule has 1 amide bonds. The Morgan fingerprint density at radius 3 is 2.67 bits per heavy atom. The lowest BCUT2D eigenvalue weighted by Gasteiger charge is -2.27. The lowest BCUT2D eigenvalue weighted by atomic mass is 10.1. The van der Waals surface area contributed by atoms with Gasteiger partial charge in [-0.05, 0) is 43.5 Å². The molecule has 0 unspecified atom stereocenters. The van der Waals surface area contributed by atoms with Gasteiger partial charge >= 0.3 is 0 Å². The molecule has 1 aliphatic heterocycles. The van der Waals surface area contributed by atoms with Crippen molar-refractivity contribution in [2.45, 2.75) is 33.2 Å². The average molecular weight is 331 g/mol. The number of ether oxygens (including phenoxy) is 1. The third kappa shape index (κ3) is 3.44. The van der Waals surface area contributed by atoms with E-state index in [1.807, 2.05) is 9.47 Å². The standard InChI is InChI=1S/C18H25N3O3/c1-13-10-15-16(11-14(13)2)21(17(19-15)4-3-7-22)12-18(23)20-5-8-24-9-6-20/h10-11,22H,3-9,12H2,1-2H3. The molecule has 24 heavy (non-hydrogen) atoms. The summed E-state index contributed by atoms with van der Waals surface area (Å²) in [5.41, 5.74) is 4.30. The fourth-order valence-corrected chi connectivity index (χ4v) is 3.08. The molecule has 0 saturated carbocycles. The van der Waals surface area contributed by atoms with Gasteiger partial charge in [0.25, 0.3) is 0 Å². The predicted octanol–water partition coefficient (Wildman–Crippen LogP) is 1.44. The van der Waals surface area contributed by atoms with E-state index >= 15 is 0 Å². The van der Waals surface area contributed by atoms with Crippen molar-refractivity contribution in [3.63, 3.8) is 0 Å². The number of hydrogen-bond donors (Lipinski definition) is 1. The van der Waals surface area contributed by atoms with Crippen molar-refractivity contribution in [3.8, 4) is 0 Å². The summed E-state index contributed by atoms with van der Waals surface area (Å²) in [7, 11) is 0. The summed E-state index contributed by atoms with van der Waals surface area (Å²) in [6.07, 6.45) is 1.31. The van der Waals surface area contributed by atoms with Gasteiger partial charge in [0.05, 0.1) is 24.2 Å². The minimum Gasteiger partial charge on any atom is -0.396 e. The maximum Gasteiger partial charge on any atom is 0.242 e. The number of carbonyl (C=O) groups excluding carboxylic acids is 1. The van der Waals surface area contributed by atoms with Gasteiger partial charge in [0.1, 0.15) is 12.4 Å².